The minimum Gasteiger partial charge on any atom is -0.326 e. The van der Waals surface area contributed by atoms with Crippen LogP contribution < -0.4 is 5.32 Å². The molecule has 0 aliphatic heterocycles. The highest BCUT2D eigenvalue weighted by atomic mass is 16.2. The van der Waals surface area contributed by atoms with Crippen molar-refractivity contribution >= 4 is 17.4 Å². The second-order valence-electron chi connectivity index (χ2n) is 5.67. The van der Waals surface area contributed by atoms with E-state index in [2.05, 4.69) is 11.4 Å². The lowest BCUT2D eigenvalue weighted by molar-refractivity contribution is -0.116. The highest BCUT2D eigenvalue weighted by Crippen LogP contribution is 2.23. The van der Waals surface area contributed by atoms with Crippen LogP contribution in [-0.4, -0.2) is 11.7 Å². The van der Waals surface area contributed by atoms with Crippen LogP contribution >= 0.6 is 0 Å². The normalized spacial score (nSPS) is 12.7. The van der Waals surface area contributed by atoms with Crippen molar-refractivity contribution in [2.75, 3.05) is 5.32 Å². The molecule has 112 valence electrons. The molecule has 1 N–H and O–H groups in total. The first-order chi connectivity index (χ1) is 10.7. The van der Waals surface area contributed by atoms with Crippen molar-refractivity contribution in [2.45, 2.75) is 32.1 Å². The Labute approximate surface area is 130 Å². The average Bonchev–Trinajstić information content (AvgIpc) is 3.01. The molecule has 0 unspecified atom stereocenters. The Kier molecular flexibility index (Phi) is 4.33. The number of ketones is 1. The topological polar surface area (TPSA) is 46.2 Å². The molecular weight excluding hydrogens is 274 g/mol. The average molecular weight is 293 g/mol. The van der Waals surface area contributed by atoms with E-state index in [0.717, 1.165) is 24.1 Å². The zero-order valence-electron chi connectivity index (χ0n) is 12.5. The molecule has 0 heterocycles. The van der Waals surface area contributed by atoms with Gasteiger partial charge in [0.1, 0.15) is 0 Å². The Morgan fingerprint density at radius 2 is 1.68 bits per heavy atom. The van der Waals surface area contributed by atoms with Gasteiger partial charge in [-0.2, -0.15) is 0 Å². The number of carbonyl (C=O) groups excluding carboxylic acids is 2. The van der Waals surface area contributed by atoms with Crippen LogP contribution in [0.2, 0.25) is 0 Å². The van der Waals surface area contributed by atoms with Crippen molar-refractivity contribution in [3.05, 3.63) is 65.2 Å². The molecule has 2 aromatic rings. The van der Waals surface area contributed by atoms with Gasteiger partial charge in [-0.1, -0.05) is 30.3 Å². The fraction of sp³-hybridized carbons (Fsp3) is 0.263. The molecule has 0 radical (unpaired) electrons. The third kappa shape index (κ3) is 3.42. The molecule has 2 aromatic carbocycles. The second-order valence-corrected chi connectivity index (χ2v) is 5.67. The van der Waals surface area contributed by atoms with E-state index >= 15 is 0 Å². The van der Waals surface area contributed by atoms with Gasteiger partial charge in [0.05, 0.1) is 0 Å². The van der Waals surface area contributed by atoms with E-state index in [-0.39, 0.29) is 24.5 Å². The SMILES string of the molecule is O=C(CCC(=O)c1ccc2c(c1)CCC2)Nc1ccccc1. The molecule has 0 aromatic heterocycles. The number of hydrogen-bond donors (Lipinski definition) is 1. The van der Waals surface area contributed by atoms with E-state index in [0.29, 0.717) is 0 Å². The van der Waals surface area contributed by atoms with E-state index in [9.17, 15) is 9.59 Å². The molecule has 1 amide bonds. The molecule has 0 fully saturated rings. The molecule has 0 saturated heterocycles. The largest absolute Gasteiger partial charge is 0.326 e. The fourth-order valence-corrected chi connectivity index (χ4v) is 2.86. The Morgan fingerprint density at radius 1 is 0.909 bits per heavy atom. The summed E-state index contributed by atoms with van der Waals surface area (Å²) in [5.41, 5.74) is 4.14. The van der Waals surface area contributed by atoms with Gasteiger partial charge in [0.25, 0.3) is 0 Å². The summed E-state index contributed by atoms with van der Waals surface area (Å²) in [7, 11) is 0. The Hall–Kier alpha value is -2.42. The van der Waals surface area contributed by atoms with Gasteiger partial charge in [0.2, 0.25) is 5.91 Å². The highest BCUT2D eigenvalue weighted by Gasteiger charge is 2.14. The number of para-hydroxylation sites is 1. The monoisotopic (exact) mass is 293 g/mol. The van der Waals surface area contributed by atoms with Gasteiger partial charge >= 0.3 is 0 Å². The first kappa shape index (κ1) is 14.5. The van der Waals surface area contributed by atoms with E-state index in [4.69, 9.17) is 0 Å². The van der Waals surface area contributed by atoms with Gasteiger partial charge < -0.3 is 5.32 Å². The van der Waals surface area contributed by atoms with E-state index in [1.807, 2.05) is 42.5 Å². The van der Waals surface area contributed by atoms with Crippen molar-refractivity contribution < 1.29 is 9.59 Å². The van der Waals surface area contributed by atoms with Gasteiger partial charge in [-0.3, -0.25) is 9.59 Å². The zero-order chi connectivity index (χ0) is 15.4. The maximum atomic E-state index is 12.2. The molecule has 0 bridgehead atoms. The maximum absolute atomic E-state index is 12.2. The quantitative estimate of drug-likeness (QED) is 0.853. The third-order valence-corrected chi connectivity index (χ3v) is 4.06. The van der Waals surface area contributed by atoms with E-state index in [1.54, 1.807) is 0 Å². The van der Waals surface area contributed by atoms with Crippen LogP contribution in [0.15, 0.2) is 48.5 Å². The highest BCUT2D eigenvalue weighted by molar-refractivity contribution is 6.00. The summed E-state index contributed by atoms with van der Waals surface area (Å²) in [5.74, 6) is -0.0846. The van der Waals surface area contributed by atoms with Gasteiger partial charge in [0, 0.05) is 24.1 Å². The molecule has 22 heavy (non-hydrogen) atoms. The van der Waals surface area contributed by atoms with Crippen LogP contribution in [-0.2, 0) is 17.6 Å². The van der Waals surface area contributed by atoms with Crippen molar-refractivity contribution in [1.82, 2.24) is 0 Å². The van der Waals surface area contributed by atoms with Gasteiger partial charge in [-0.15, -0.1) is 0 Å². The lowest BCUT2D eigenvalue weighted by atomic mass is 10.0. The Morgan fingerprint density at radius 3 is 2.50 bits per heavy atom. The summed E-state index contributed by atoms with van der Waals surface area (Å²) in [6.45, 7) is 0. The van der Waals surface area contributed by atoms with Gasteiger partial charge in [-0.05, 0) is 48.6 Å². The van der Waals surface area contributed by atoms with Crippen LogP contribution in [0, 0.1) is 0 Å². The van der Waals surface area contributed by atoms with Crippen molar-refractivity contribution in [3.8, 4) is 0 Å². The number of fused-ring (bicyclic) bond motifs is 1. The van der Waals surface area contributed by atoms with Crippen LogP contribution in [0.1, 0.15) is 40.7 Å². The number of amides is 1. The number of nitrogens with one attached hydrogen (secondary N) is 1. The smallest absolute Gasteiger partial charge is 0.224 e. The molecule has 3 nitrogen and oxygen atoms in total. The molecule has 1 aliphatic rings. The summed E-state index contributed by atoms with van der Waals surface area (Å²) in [6, 6.07) is 15.2. The van der Waals surface area contributed by atoms with Crippen molar-refractivity contribution in [2.24, 2.45) is 0 Å². The van der Waals surface area contributed by atoms with Crippen LogP contribution in [0.5, 0.6) is 0 Å². The number of hydrogen-bond acceptors (Lipinski definition) is 2. The summed E-state index contributed by atoms with van der Waals surface area (Å²) in [6.07, 6.45) is 3.81. The number of aryl methyl sites for hydroxylation is 2. The lowest BCUT2D eigenvalue weighted by Crippen LogP contribution is -2.13. The third-order valence-electron chi connectivity index (χ3n) is 4.06. The van der Waals surface area contributed by atoms with Crippen molar-refractivity contribution in [1.29, 1.82) is 0 Å². The molecular formula is C19H19NO2. The number of Topliss-reactive ketones (excluding diaryl/α,β-unsaturated/α-hetero) is 1. The second kappa shape index (κ2) is 6.56. The summed E-state index contributed by atoms with van der Waals surface area (Å²) in [4.78, 5) is 24.1. The van der Waals surface area contributed by atoms with E-state index < -0.39 is 0 Å². The lowest BCUT2D eigenvalue weighted by Gasteiger charge is -2.06. The predicted octanol–water partition coefficient (Wildman–Crippen LogP) is 3.78. The number of anilines is 1. The molecule has 1 aliphatic carbocycles. The first-order valence-corrected chi connectivity index (χ1v) is 7.72. The maximum Gasteiger partial charge on any atom is 0.224 e. The van der Waals surface area contributed by atoms with Crippen LogP contribution in [0.25, 0.3) is 0 Å². The summed E-state index contributed by atoms with van der Waals surface area (Å²) >= 11 is 0. The van der Waals surface area contributed by atoms with Crippen molar-refractivity contribution in [3.63, 3.8) is 0 Å². The molecule has 0 saturated carbocycles. The molecule has 3 rings (SSSR count). The predicted molar refractivity (Wildman–Crippen MR) is 87.1 cm³/mol. The minimum atomic E-state index is -0.124. The number of benzene rings is 2. The Balaban J connectivity index is 1.55. The summed E-state index contributed by atoms with van der Waals surface area (Å²) < 4.78 is 0. The molecule has 0 atom stereocenters. The zero-order valence-corrected chi connectivity index (χ0v) is 12.5. The first-order valence-electron chi connectivity index (χ1n) is 7.72. The number of rotatable bonds is 5. The van der Waals surface area contributed by atoms with Crippen LogP contribution in [0.3, 0.4) is 0 Å². The minimum absolute atomic E-state index is 0.0397. The van der Waals surface area contributed by atoms with Gasteiger partial charge in [-0.25, -0.2) is 0 Å². The fourth-order valence-electron chi connectivity index (χ4n) is 2.86. The van der Waals surface area contributed by atoms with E-state index in [1.165, 1.54) is 17.5 Å². The standard InChI is InChI=1S/C19H19NO2/c21-18(16-10-9-14-5-4-6-15(14)13-16)11-12-19(22)20-17-7-2-1-3-8-17/h1-3,7-10,13H,4-6,11-12H2,(H,20,22). The number of carbonyl (C=O) groups is 2. The van der Waals surface area contributed by atoms with Crippen LogP contribution in [0.4, 0.5) is 5.69 Å². The molecule has 3 heteroatoms. The molecule has 0 spiro atoms. The van der Waals surface area contributed by atoms with Gasteiger partial charge in [0.15, 0.2) is 5.78 Å². The summed E-state index contributed by atoms with van der Waals surface area (Å²) in [5, 5.41) is 2.80. The Bertz CT molecular complexity index is 692.